The van der Waals surface area contributed by atoms with Gasteiger partial charge in [0.2, 0.25) is 0 Å². The maximum atomic E-state index is 9.85. The molecule has 0 spiro atoms. The van der Waals surface area contributed by atoms with Crippen LogP contribution < -0.4 is 0 Å². The molecule has 1 saturated carbocycles. The van der Waals surface area contributed by atoms with Crippen molar-refractivity contribution in [2.45, 2.75) is 64.8 Å². The Bertz CT molecular complexity index is 211. The Hall–Kier alpha value is -0.120. The van der Waals surface area contributed by atoms with Gasteiger partial charge in [-0.25, -0.2) is 0 Å². The van der Waals surface area contributed by atoms with Crippen LogP contribution in [-0.4, -0.2) is 47.5 Å². The first-order chi connectivity index (χ1) is 8.63. The van der Waals surface area contributed by atoms with E-state index in [4.69, 9.17) is 5.11 Å². The maximum Gasteiger partial charge on any atom is 0.0499 e. The SMILES string of the molecule is CC(C)N(CCCO)CC1(CO)CCCCCC1. The van der Waals surface area contributed by atoms with E-state index in [-0.39, 0.29) is 12.0 Å². The smallest absolute Gasteiger partial charge is 0.0499 e. The van der Waals surface area contributed by atoms with Crippen molar-refractivity contribution in [3.05, 3.63) is 0 Å². The normalized spacial score (nSPS) is 20.3. The molecule has 1 aliphatic rings. The molecule has 108 valence electrons. The van der Waals surface area contributed by atoms with Crippen LogP contribution in [0.5, 0.6) is 0 Å². The van der Waals surface area contributed by atoms with E-state index in [1.54, 1.807) is 0 Å². The summed E-state index contributed by atoms with van der Waals surface area (Å²) in [4.78, 5) is 2.43. The summed E-state index contributed by atoms with van der Waals surface area (Å²) < 4.78 is 0. The summed E-state index contributed by atoms with van der Waals surface area (Å²) >= 11 is 0. The topological polar surface area (TPSA) is 43.7 Å². The first-order valence-corrected chi connectivity index (χ1v) is 7.59. The molecule has 0 heterocycles. The van der Waals surface area contributed by atoms with Gasteiger partial charge in [-0.15, -0.1) is 0 Å². The predicted molar refractivity (Wildman–Crippen MR) is 75.6 cm³/mol. The summed E-state index contributed by atoms with van der Waals surface area (Å²) in [5, 5.41) is 18.8. The minimum absolute atomic E-state index is 0.107. The monoisotopic (exact) mass is 257 g/mol. The molecule has 0 atom stereocenters. The van der Waals surface area contributed by atoms with Crippen LogP contribution in [-0.2, 0) is 0 Å². The van der Waals surface area contributed by atoms with Crippen LogP contribution in [0.25, 0.3) is 0 Å². The molecular formula is C15H31NO2. The van der Waals surface area contributed by atoms with Crippen molar-refractivity contribution >= 4 is 0 Å². The Morgan fingerprint density at radius 1 is 1.06 bits per heavy atom. The van der Waals surface area contributed by atoms with E-state index in [9.17, 15) is 5.11 Å². The molecule has 0 unspecified atom stereocenters. The average Bonchev–Trinajstić information content (AvgIpc) is 2.60. The third-order valence-corrected chi connectivity index (χ3v) is 4.37. The molecule has 0 saturated heterocycles. The molecular weight excluding hydrogens is 226 g/mol. The molecule has 0 radical (unpaired) electrons. The lowest BCUT2D eigenvalue weighted by atomic mass is 9.80. The Morgan fingerprint density at radius 3 is 2.11 bits per heavy atom. The lowest BCUT2D eigenvalue weighted by Crippen LogP contribution is -2.44. The summed E-state index contributed by atoms with van der Waals surface area (Å²) in [6, 6.07) is 0.489. The molecule has 0 aromatic heterocycles. The van der Waals surface area contributed by atoms with Crippen LogP contribution in [0.3, 0.4) is 0 Å². The quantitative estimate of drug-likeness (QED) is 0.688. The van der Waals surface area contributed by atoms with Crippen LogP contribution in [0.4, 0.5) is 0 Å². The van der Waals surface area contributed by atoms with Gasteiger partial charge in [-0.3, -0.25) is 0 Å². The van der Waals surface area contributed by atoms with Crippen molar-refractivity contribution in [1.82, 2.24) is 4.90 Å². The molecule has 0 amide bonds. The molecule has 0 aromatic carbocycles. The first kappa shape index (κ1) is 15.9. The van der Waals surface area contributed by atoms with Crippen LogP contribution in [0, 0.1) is 5.41 Å². The molecule has 3 heteroatoms. The Balaban J connectivity index is 2.61. The fraction of sp³-hybridized carbons (Fsp3) is 1.00. The average molecular weight is 257 g/mol. The third kappa shape index (κ3) is 4.87. The molecule has 1 fully saturated rings. The highest BCUT2D eigenvalue weighted by Gasteiger charge is 2.32. The Kier molecular flexibility index (Phi) is 7.20. The van der Waals surface area contributed by atoms with E-state index in [0.717, 1.165) is 32.4 Å². The van der Waals surface area contributed by atoms with Crippen LogP contribution in [0.1, 0.15) is 58.8 Å². The third-order valence-electron chi connectivity index (χ3n) is 4.37. The lowest BCUT2D eigenvalue weighted by molar-refractivity contribution is 0.0446. The van der Waals surface area contributed by atoms with Gasteiger partial charge in [0.25, 0.3) is 0 Å². The second-order valence-electron chi connectivity index (χ2n) is 6.21. The molecule has 1 rings (SSSR count). The second kappa shape index (κ2) is 8.13. The summed E-state index contributed by atoms with van der Waals surface area (Å²) in [6.45, 7) is 6.92. The molecule has 18 heavy (non-hydrogen) atoms. The van der Waals surface area contributed by atoms with Gasteiger partial charge < -0.3 is 15.1 Å². The molecule has 0 bridgehead atoms. The fourth-order valence-electron chi connectivity index (χ4n) is 3.07. The van der Waals surface area contributed by atoms with Crippen LogP contribution in [0.15, 0.2) is 0 Å². The molecule has 0 aliphatic heterocycles. The maximum absolute atomic E-state index is 9.85. The Morgan fingerprint density at radius 2 is 1.67 bits per heavy atom. The summed E-state index contributed by atoms with van der Waals surface area (Å²) in [5.41, 5.74) is 0.107. The zero-order chi connectivity index (χ0) is 13.4. The fourth-order valence-corrected chi connectivity index (χ4v) is 3.07. The van der Waals surface area contributed by atoms with E-state index in [2.05, 4.69) is 18.7 Å². The highest BCUT2D eigenvalue weighted by atomic mass is 16.3. The number of aliphatic hydroxyl groups excluding tert-OH is 2. The van der Waals surface area contributed by atoms with Crippen molar-refractivity contribution in [2.75, 3.05) is 26.3 Å². The summed E-state index contributed by atoms with van der Waals surface area (Å²) in [6.07, 6.45) is 8.30. The van der Waals surface area contributed by atoms with Gasteiger partial charge in [-0.05, 0) is 33.1 Å². The minimum atomic E-state index is 0.107. The minimum Gasteiger partial charge on any atom is -0.396 e. The van der Waals surface area contributed by atoms with Crippen molar-refractivity contribution in [3.8, 4) is 0 Å². The summed E-state index contributed by atoms with van der Waals surface area (Å²) in [5.74, 6) is 0. The number of hydrogen-bond donors (Lipinski definition) is 2. The van der Waals surface area contributed by atoms with Crippen molar-refractivity contribution in [1.29, 1.82) is 0 Å². The second-order valence-corrected chi connectivity index (χ2v) is 6.21. The number of aliphatic hydroxyl groups is 2. The zero-order valence-electron chi connectivity index (χ0n) is 12.2. The predicted octanol–water partition coefficient (Wildman–Crippen LogP) is 2.41. The standard InChI is InChI=1S/C15H31NO2/c1-14(2)16(10-7-11-17)12-15(13-18)8-5-3-4-6-9-15/h14,17-18H,3-13H2,1-2H3. The van der Waals surface area contributed by atoms with Crippen LogP contribution in [0.2, 0.25) is 0 Å². The van der Waals surface area contributed by atoms with Gasteiger partial charge in [0, 0.05) is 37.8 Å². The van der Waals surface area contributed by atoms with Gasteiger partial charge >= 0.3 is 0 Å². The number of hydrogen-bond acceptors (Lipinski definition) is 3. The van der Waals surface area contributed by atoms with Crippen molar-refractivity contribution < 1.29 is 10.2 Å². The lowest BCUT2D eigenvalue weighted by Gasteiger charge is -2.38. The number of rotatable bonds is 7. The van der Waals surface area contributed by atoms with E-state index < -0.39 is 0 Å². The zero-order valence-corrected chi connectivity index (χ0v) is 12.2. The van der Waals surface area contributed by atoms with E-state index in [0.29, 0.717) is 12.6 Å². The van der Waals surface area contributed by atoms with Gasteiger partial charge in [0.15, 0.2) is 0 Å². The number of nitrogens with zero attached hydrogens (tertiary/aromatic N) is 1. The molecule has 0 aromatic rings. The van der Waals surface area contributed by atoms with Gasteiger partial charge in [-0.2, -0.15) is 0 Å². The molecule has 2 N–H and O–H groups in total. The highest BCUT2D eigenvalue weighted by molar-refractivity contribution is 4.85. The van der Waals surface area contributed by atoms with E-state index >= 15 is 0 Å². The van der Waals surface area contributed by atoms with Crippen molar-refractivity contribution in [3.63, 3.8) is 0 Å². The van der Waals surface area contributed by atoms with Crippen LogP contribution >= 0.6 is 0 Å². The highest BCUT2D eigenvalue weighted by Crippen LogP contribution is 2.35. The van der Waals surface area contributed by atoms with E-state index in [1.165, 1.54) is 25.7 Å². The van der Waals surface area contributed by atoms with Gasteiger partial charge in [0.1, 0.15) is 0 Å². The van der Waals surface area contributed by atoms with E-state index in [1.807, 2.05) is 0 Å². The molecule has 3 nitrogen and oxygen atoms in total. The first-order valence-electron chi connectivity index (χ1n) is 7.59. The van der Waals surface area contributed by atoms with Crippen molar-refractivity contribution in [2.24, 2.45) is 5.41 Å². The van der Waals surface area contributed by atoms with Gasteiger partial charge in [0.05, 0.1) is 0 Å². The summed E-state index contributed by atoms with van der Waals surface area (Å²) in [7, 11) is 0. The largest absolute Gasteiger partial charge is 0.396 e. The Labute approximate surface area is 112 Å². The molecule has 1 aliphatic carbocycles. The van der Waals surface area contributed by atoms with Gasteiger partial charge in [-0.1, -0.05) is 25.7 Å².